The molecule has 0 aliphatic carbocycles. The Kier molecular flexibility index (Phi) is 2.25. The first-order chi connectivity index (χ1) is 4.58. The third kappa shape index (κ3) is 1.30. The van der Waals surface area contributed by atoms with Gasteiger partial charge in [0.15, 0.2) is 0 Å². The highest BCUT2D eigenvalue weighted by atomic mass is 28.3. The van der Waals surface area contributed by atoms with Crippen molar-refractivity contribution in [2.24, 2.45) is 0 Å². The van der Waals surface area contributed by atoms with Crippen LogP contribution in [0.1, 0.15) is 6.92 Å². The fraction of sp³-hybridized carbons (Fsp3) is 1.00. The van der Waals surface area contributed by atoms with E-state index < -0.39 is 8.07 Å². The van der Waals surface area contributed by atoms with Gasteiger partial charge in [-0.3, -0.25) is 0 Å². The molecule has 1 rings (SSSR count). The Morgan fingerprint density at radius 2 is 2.10 bits per heavy atom. The van der Waals surface area contributed by atoms with Crippen molar-refractivity contribution >= 4 is 15.0 Å². The fourth-order valence-electron chi connectivity index (χ4n) is 1.82. The summed E-state index contributed by atoms with van der Waals surface area (Å²) in [5.41, 5.74) is 0.859. The van der Waals surface area contributed by atoms with Gasteiger partial charge in [-0.25, -0.2) is 0 Å². The molecule has 0 saturated carbocycles. The van der Waals surface area contributed by atoms with Crippen LogP contribution >= 0.6 is 0 Å². The van der Waals surface area contributed by atoms with Crippen molar-refractivity contribution in [1.82, 2.24) is 0 Å². The number of hydrogen-bond donors (Lipinski definition) is 0. The van der Waals surface area contributed by atoms with E-state index in [-0.39, 0.29) is 0 Å². The van der Waals surface area contributed by atoms with Crippen LogP contribution in [0.15, 0.2) is 0 Å². The minimum absolute atomic E-state index is 0.571. The summed E-state index contributed by atoms with van der Waals surface area (Å²) in [5.74, 6) is 0. The maximum atomic E-state index is 5.39. The summed E-state index contributed by atoms with van der Waals surface area (Å²) < 4.78 is 5.39. The molecule has 0 aromatic heterocycles. The van der Waals surface area contributed by atoms with Gasteiger partial charge in [-0.2, -0.15) is 0 Å². The van der Waals surface area contributed by atoms with E-state index in [1.807, 2.05) is 7.11 Å². The molecular weight excluding hydrogens is 139 g/mol. The lowest BCUT2D eigenvalue weighted by Crippen LogP contribution is -2.31. The quantitative estimate of drug-likeness (QED) is 0.529. The fourth-order valence-corrected chi connectivity index (χ4v) is 4.61. The molecule has 1 atom stereocenters. The molecule has 1 aliphatic heterocycles. The average molecular weight is 156 g/mol. The first-order valence-corrected chi connectivity index (χ1v) is 7.39. The van der Waals surface area contributed by atoms with Crippen molar-refractivity contribution in [1.29, 1.82) is 0 Å². The SMILES string of the molecule is COB1CC[Si](C)(C)C1C. The molecule has 1 saturated heterocycles. The molecule has 10 heavy (non-hydrogen) atoms. The van der Waals surface area contributed by atoms with Gasteiger partial charge in [0, 0.05) is 15.2 Å². The summed E-state index contributed by atoms with van der Waals surface area (Å²) in [4.78, 5) is 0. The highest BCUT2D eigenvalue weighted by Gasteiger charge is 2.43. The molecule has 0 spiro atoms. The van der Waals surface area contributed by atoms with Crippen LogP contribution in [0.25, 0.3) is 0 Å². The molecule has 3 heteroatoms. The van der Waals surface area contributed by atoms with E-state index in [0.717, 1.165) is 5.44 Å². The Hall–Kier alpha value is 0.242. The molecule has 0 amide bonds. The highest BCUT2D eigenvalue weighted by Crippen LogP contribution is 2.38. The van der Waals surface area contributed by atoms with E-state index in [2.05, 4.69) is 20.0 Å². The average Bonchev–Trinajstić information content (AvgIpc) is 2.10. The summed E-state index contributed by atoms with van der Waals surface area (Å²) in [7, 11) is 0.992. The van der Waals surface area contributed by atoms with Crippen LogP contribution in [0, 0.1) is 0 Å². The minimum atomic E-state index is -0.853. The molecule has 0 radical (unpaired) electrons. The van der Waals surface area contributed by atoms with Crippen molar-refractivity contribution in [2.75, 3.05) is 7.11 Å². The van der Waals surface area contributed by atoms with Gasteiger partial charge in [0.05, 0.1) is 0 Å². The zero-order valence-corrected chi connectivity index (χ0v) is 8.48. The largest absolute Gasteiger partial charge is 0.439 e. The third-order valence-corrected chi connectivity index (χ3v) is 7.58. The molecule has 1 aliphatic rings. The van der Waals surface area contributed by atoms with Crippen molar-refractivity contribution in [2.45, 2.75) is 37.8 Å². The summed E-state index contributed by atoms with van der Waals surface area (Å²) in [6.45, 7) is 7.86. The highest BCUT2D eigenvalue weighted by molar-refractivity contribution is 6.93. The summed E-state index contributed by atoms with van der Waals surface area (Å²) in [6.07, 6.45) is 1.30. The van der Waals surface area contributed by atoms with Crippen LogP contribution in [0.2, 0.25) is 30.9 Å². The van der Waals surface area contributed by atoms with Crippen LogP contribution in [-0.2, 0) is 4.65 Å². The monoisotopic (exact) mass is 156 g/mol. The lowest BCUT2D eigenvalue weighted by atomic mass is 9.62. The van der Waals surface area contributed by atoms with Gasteiger partial charge in [0.1, 0.15) is 0 Å². The van der Waals surface area contributed by atoms with E-state index in [1.54, 1.807) is 0 Å². The lowest BCUT2D eigenvalue weighted by Gasteiger charge is -2.22. The maximum absolute atomic E-state index is 5.39. The molecule has 1 nitrogen and oxygen atoms in total. The van der Waals surface area contributed by atoms with Gasteiger partial charge in [-0.05, 0) is 11.8 Å². The smallest absolute Gasteiger partial charge is 0.292 e. The van der Waals surface area contributed by atoms with Crippen LogP contribution in [-0.4, -0.2) is 22.1 Å². The van der Waals surface area contributed by atoms with Gasteiger partial charge in [-0.15, -0.1) is 0 Å². The summed E-state index contributed by atoms with van der Waals surface area (Å²) in [5, 5.41) is 0. The molecule has 0 bridgehead atoms. The van der Waals surface area contributed by atoms with Crippen molar-refractivity contribution in [3.05, 3.63) is 0 Å². The minimum Gasteiger partial charge on any atom is -0.439 e. The van der Waals surface area contributed by atoms with Gasteiger partial charge in [0.25, 0.3) is 6.92 Å². The van der Waals surface area contributed by atoms with Crippen LogP contribution < -0.4 is 0 Å². The van der Waals surface area contributed by atoms with E-state index in [4.69, 9.17) is 4.65 Å². The van der Waals surface area contributed by atoms with E-state index in [0.29, 0.717) is 6.92 Å². The molecule has 58 valence electrons. The predicted molar refractivity (Wildman–Crippen MR) is 49.3 cm³/mol. The van der Waals surface area contributed by atoms with Crippen molar-refractivity contribution < 1.29 is 4.65 Å². The predicted octanol–water partition coefficient (Wildman–Crippen LogP) is 2.28. The normalized spacial score (nSPS) is 31.2. The number of rotatable bonds is 1. The summed E-state index contributed by atoms with van der Waals surface area (Å²) in [6, 6.07) is 1.45. The van der Waals surface area contributed by atoms with Crippen LogP contribution in [0.3, 0.4) is 0 Å². The Labute approximate surface area is 65.3 Å². The third-order valence-electron chi connectivity index (χ3n) is 3.17. The van der Waals surface area contributed by atoms with E-state index in [1.165, 1.54) is 12.4 Å². The van der Waals surface area contributed by atoms with Crippen LogP contribution in [0.5, 0.6) is 0 Å². The Morgan fingerprint density at radius 3 is 2.30 bits per heavy atom. The first kappa shape index (κ1) is 8.34. The second-order valence-electron chi connectivity index (χ2n) is 4.09. The summed E-state index contributed by atoms with van der Waals surface area (Å²) >= 11 is 0. The van der Waals surface area contributed by atoms with Crippen molar-refractivity contribution in [3.8, 4) is 0 Å². The number of hydrogen-bond acceptors (Lipinski definition) is 1. The van der Waals surface area contributed by atoms with E-state index in [9.17, 15) is 0 Å². The molecule has 1 fully saturated rings. The second-order valence-corrected chi connectivity index (χ2v) is 9.48. The Balaban J connectivity index is 2.58. The van der Waals surface area contributed by atoms with Crippen LogP contribution in [0.4, 0.5) is 0 Å². The topological polar surface area (TPSA) is 9.23 Å². The van der Waals surface area contributed by atoms with Crippen molar-refractivity contribution in [3.63, 3.8) is 0 Å². The molecule has 0 aromatic carbocycles. The van der Waals surface area contributed by atoms with Gasteiger partial charge in [-0.1, -0.05) is 26.1 Å². The van der Waals surface area contributed by atoms with Gasteiger partial charge >= 0.3 is 0 Å². The molecule has 1 heterocycles. The molecule has 1 unspecified atom stereocenters. The first-order valence-electron chi connectivity index (χ1n) is 4.11. The van der Waals surface area contributed by atoms with Gasteiger partial charge in [0.2, 0.25) is 0 Å². The molecule has 0 aromatic rings. The Bertz CT molecular complexity index is 127. The maximum Gasteiger partial charge on any atom is 0.292 e. The zero-order chi connectivity index (χ0) is 7.78. The molecular formula is C7H17BOSi. The van der Waals surface area contributed by atoms with Gasteiger partial charge < -0.3 is 4.65 Å². The second kappa shape index (κ2) is 2.70. The standard InChI is InChI=1S/C7H17BOSi/c1-7-8(9-2)5-6-10(7,3)4/h7H,5-6H2,1-4H3. The van der Waals surface area contributed by atoms with E-state index >= 15 is 0 Å². The Morgan fingerprint density at radius 1 is 1.50 bits per heavy atom. The lowest BCUT2D eigenvalue weighted by molar-refractivity contribution is 0.419. The molecule has 0 N–H and O–H groups in total. The zero-order valence-electron chi connectivity index (χ0n) is 7.48.